The zero-order valence-electron chi connectivity index (χ0n) is 27.1. The fourth-order valence-corrected chi connectivity index (χ4v) is 6.31. The largest absolute Gasteiger partial charge is 0.495 e. The number of nitrogens with zero attached hydrogens (tertiary/aromatic N) is 1. The van der Waals surface area contributed by atoms with Crippen molar-refractivity contribution in [3.8, 4) is 17.2 Å². The van der Waals surface area contributed by atoms with Gasteiger partial charge in [-0.3, -0.25) is 14.5 Å². The number of hydrogen-bond donors (Lipinski definition) is 4. The van der Waals surface area contributed by atoms with Gasteiger partial charge < -0.3 is 35.7 Å². The third kappa shape index (κ3) is 7.43. The summed E-state index contributed by atoms with van der Waals surface area (Å²) in [5.41, 5.74) is 9.23. The second-order valence-electron chi connectivity index (χ2n) is 11.5. The van der Waals surface area contributed by atoms with Gasteiger partial charge in [0.1, 0.15) is 11.3 Å². The lowest BCUT2D eigenvalue weighted by atomic mass is 9.70. The quantitative estimate of drug-likeness (QED) is 0.185. The van der Waals surface area contributed by atoms with Crippen LogP contribution in [0.15, 0.2) is 60.7 Å². The Morgan fingerprint density at radius 3 is 2.17 bits per heavy atom. The maximum Gasteiger partial charge on any atom is 0.323 e. The van der Waals surface area contributed by atoms with E-state index in [0.29, 0.717) is 60.1 Å². The first kappa shape index (κ1) is 34.3. The van der Waals surface area contributed by atoms with Crippen LogP contribution in [0.1, 0.15) is 55.3 Å². The van der Waals surface area contributed by atoms with Crippen LogP contribution in [0.5, 0.6) is 17.2 Å². The van der Waals surface area contributed by atoms with Gasteiger partial charge in [-0.15, -0.1) is 0 Å². The number of carbonyl (C=O) groups is 3. The summed E-state index contributed by atoms with van der Waals surface area (Å²) in [6.07, 6.45) is 1.30. The number of ether oxygens (including phenoxy) is 3. The molecule has 2 amide bonds. The molecule has 0 radical (unpaired) electrons. The van der Waals surface area contributed by atoms with E-state index >= 15 is 0 Å². The number of ketones is 1. The predicted molar refractivity (Wildman–Crippen MR) is 177 cm³/mol. The molecular weight excluding hydrogens is 588 g/mol. The Balaban J connectivity index is 1.55. The molecule has 1 aliphatic rings. The van der Waals surface area contributed by atoms with E-state index in [4.69, 9.17) is 19.9 Å². The van der Waals surface area contributed by atoms with Crippen LogP contribution in [0, 0.1) is 12.8 Å². The number of carboxylic acid groups (broad SMARTS) is 1. The van der Waals surface area contributed by atoms with Crippen LogP contribution in [0.2, 0.25) is 0 Å². The number of para-hydroxylation sites is 1. The van der Waals surface area contributed by atoms with Crippen molar-refractivity contribution >= 4 is 29.2 Å². The first-order valence-electron chi connectivity index (χ1n) is 15.4. The number of aryl methyl sites for hydroxylation is 1. The fraction of sp³-hybridized carbons (Fsp3) is 0.400. The third-order valence-electron chi connectivity index (χ3n) is 8.88. The summed E-state index contributed by atoms with van der Waals surface area (Å²) in [6.45, 7) is 4.79. The van der Waals surface area contributed by atoms with E-state index in [1.165, 1.54) is 7.11 Å². The van der Waals surface area contributed by atoms with Crippen LogP contribution in [-0.4, -0.2) is 62.2 Å². The molecule has 246 valence electrons. The monoisotopic (exact) mass is 632 g/mol. The standard InChI is InChI=1S/C35H44N4O7/c1-6-32(40)35(36,25-12-13-27(30(20-25)45-4)38-34(43)37-26-10-8-7-9-22(26)2)24-15-17-39(18-16-24)28(21-33(41)42)23-11-14-29(44-3)31(19-23)46-5/h7-14,19-20,24,28H,6,15-18,21,36H2,1-5H3,(H,41,42)(H2,37,38,43). The number of aliphatic carboxylic acids is 1. The predicted octanol–water partition coefficient (Wildman–Crippen LogP) is 5.73. The molecule has 2 atom stereocenters. The molecule has 1 aliphatic heterocycles. The van der Waals surface area contributed by atoms with Gasteiger partial charge in [0.05, 0.1) is 33.4 Å². The van der Waals surface area contributed by atoms with Gasteiger partial charge >= 0.3 is 12.0 Å². The number of rotatable bonds is 13. The van der Waals surface area contributed by atoms with E-state index in [1.807, 2.05) is 43.3 Å². The van der Waals surface area contributed by atoms with Gasteiger partial charge in [-0.2, -0.15) is 0 Å². The summed E-state index contributed by atoms with van der Waals surface area (Å²) in [5, 5.41) is 15.4. The molecule has 4 rings (SSSR count). The summed E-state index contributed by atoms with van der Waals surface area (Å²) < 4.78 is 16.5. The van der Waals surface area contributed by atoms with Crippen LogP contribution in [0.25, 0.3) is 0 Å². The number of carboxylic acids is 1. The molecule has 1 fully saturated rings. The zero-order chi connectivity index (χ0) is 33.4. The second-order valence-corrected chi connectivity index (χ2v) is 11.5. The van der Waals surface area contributed by atoms with E-state index in [0.717, 1.165) is 11.1 Å². The highest BCUT2D eigenvalue weighted by Crippen LogP contribution is 2.42. The maximum absolute atomic E-state index is 13.6. The molecule has 3 aromatic rings. The lowest BCUT2D eigenvalue weighted by molar-refractivity contribution is -0.138. The fourth-order valence-electron chi connectivity index (χ4n) is 6.31. The number of methoxy groups -OCH3 is 3. The molecule has 46 heavy (non-hydrogen) atoms. The molecular formula is C35H44N4O7. The minimum Gasteiger partial charge on any atom is -0.495 e. The number of piperidine rings is 1. The normalized spacial score (nSPS) is 15.7. The summed E-state index contributed by atoms with van der Waals surface area (Å²) >= 11 is 0. The van der Waals surface area contributed by atoms with Gasteiger partial charge in [0.15, 0.2) is 17.3 Å². The van der Waals surface area contributed by atoms with E-state index in [-0.39, 0.29) is 24.5 Å². The van der Waals surface area contributed by atoms with Crippen molar-refractivity contribution in [3.05, 3.63) is 77.4 Å². The topological polar surface area (TPSA) is 152 Å². The Morgan fingerprint density at radius 2 is 1.57 bits per heavy atom. The number of anilines is 2. The minimum atomic E-state index is -1.30. The third-order valence-corrected chi connectivity index (χ3v) is 8.88. The second kappa shape index (κ2) is 15.1. The Bertz CT molecular complexity index is 1550. The van der Waals surface area contributed by atoms with Crippen LogP contribution >= 0.6 is 0 Å². The van der Waals surface area contributed by atoms with Crippen LogP contribution in [0.3, 0.4) is 0 Å². The number of benzene rings is 3. The number of nitrogens with two attached hydrogens (primary N) is 1. The molecule has 3 aromatic carbocycles. The molecule has 1 heterocycles. The van der Waals surface area contributed by atoms with E-state index in [1.54, 1.807) is 45.4 Å². The molecule has 0 aliphatic carbocycles. The van der Waals surface area contributed by atoms with Crippen LogP contribution < -0.4 is 30.6 Å². The van der Waals surface area contributed by atoms with Crippen molar-refractivity contribution in [2.24, 2.45) is 11.7 Å². The van der Waals surface area contributed by atoms with Gasteiger partial charge in [-0.1, -0.05) is 37.3 Å². The van der Waals surface area contributed by atoms with Gasteiger partial charge in [0.25, 0.3) is 0 Å². The summed E-state index contributed by atoms with van der Waals surface area (Å²) in [6, 6.07) is 17.3. The highest BCUT2D eigenvalue weighted by molar-refractivity contribution is 6.01. The zero-order valence-corrected chi connectivity index (χ0v) is 27.1. The Labute approximate surface area is 270 Å². The number of likely N-dealkylation sites (tertiary alicyclic amines) is 1. The van der Waals surface area contributed by atoms with Crippen LogP contribution in [0.4, 0.5) is 16.2 Å². The average molecular weight is 633 g/mol. The van der Waals surface area contributed by atoms with Crippen molar-refractivity contribution in [2.45, 2.75) is 51.1 Å². The highest BCUT2D eigenvalue weighted by atomic mass is 16.5. The van der Waals surface area contributed by atoms with Crippen molar-refractivity contribution in [1.29, 1.82) is 0 Å². The van der Waals surface area contributed by atoms with Crippen molar-refractivity contribution in [2.75, 3.05) is 45.1 Å². The number of carbonyl (C=O) groups excluding carboxylic acids is 2. The summed E-state index contributed by atoms with van der Waals surface area (Å²) in [7, 11) is 4.60. The van der Waals surface area contributed by atoms with Crippen molar-refractivity contribution < 1.29 is 33.7 Å². The lowest BCUT2D eigenvalue weighted by Gasteiger charge is -2.44. The smallest absolute Gasteiger partial charge is 0.323 e. The molecule has 0 spiro atoms. The van der Waals surface area contributed by atoms with Gasteiger partial charge in [-0.05, 0) is 85.8 Å². The molecule has 2 unspecified atom stereocenters. The van der Waals surface area contributed by atoms with Gasteiger partial charge in [-0.25, -0.2) is 4.79 Å². The Morgan fingerprint density at radius 1 is 0.913 bits per heavy atom. The van der Waals surface area contributed by atoms with E-state index in [9.17, 15) is 19.5 Å². The lowest BCUT2D eigenvalue weighted by Crippen LogP contribution is -2.54. The Kier molecular flexibility index (Phi) is 11.3. The van der Waals surface area contributed by atoms with E-state index in [2.05, 4.69) is 15.5 Å². The molecule has 0 aromatic heterocycles. The average Bonchev–Trinajstić information content (AvgIpc) is 3.07. The molecule has 1 saturated heterocycles. The van der Waals surface area contributed by atoms with E-state index < -0.39 is 23.6 Å². The summed E-state index contributed by atoms with van der Waals surface area (Å²) in [4.78, 5) is 40.4. The van der Waals surface area contributed by atoms with Gasteiger partial charge in [0.2, 0.25) is 0 Å². The maximum atomic E-state index is 13.6. The summed E-state index contributed by atoms with van der Waals surface area (Å²) in [5.74, 6) is 0.244. The first-order chi connectivity index (χ1) is 22.0. The van der Waals surface area contributed by atoms with Crippen molar-refractivity contribution in [3.63, 3.8) is 0 Å². The first-order valence-corrected chi connectivity index (χ1v) is 15.4. The molecule has 11 heteroatoms. The molecule has 0 bridgehead atoms. The van der Waals surface area contributed by atoms with Gasteiger partial charge in [0, 0.05) is 18.2 Å². The number of amides is 2. The van der Waals surface area contributed by atoms with Crippen molar-refractivity contribution in [1.82, 2.24) is 4.90 Å². The number of hydrogen-bond acceptors (Lipinski definition) is 8. The SMILES string of the molecule is CCC(=O)C(N)(c1ccc(NC(=O)Nc2ccccc2C)c(OC)c1)C1CCN(C(CC(=O)O)c2ccc(OC)c(OC)c2)CC1. The number of nitrogens with one attached hydrogen (secondary N) is 2. The molecule has 11 nitrogen and oxygen atoms in total. The Hall–Kier alpha value is -4.61. The number of Topliss-reactive ketones (excluding diaryl/α,β-unsaturated/α-hetero) is 1. The molecule has 5 N–H and O–H groups in total. The van der Waals surface area contributed by atoms with Crippen LogP contribution in [-0.2, 0) is 15.1 Å². The minimum absolute atomic E-state index is 0.0924. The number of urea groups is 1. The molecule has 0 saturated carbocycles. The highest BCUT2D eigenvalue weighted by Gasteiger charge is 2.44.